The molecule has 2 aromatic heterocycles. The van der Waals surface area contributed by atoms with Crippen molar-refractivity contribution in [2.75, 3.05) is 20.6 Å². The van der Waals surface area contributed by atoms with Gasteiger partial charge in [-0.3, -0.25) is 9.67 Å². The van der Waals surface area contributed by atoms with E-state index in [1.807, 2.05) is 18.8 Å². The van der Waals surface area contributed by atoms with Crippen molar-refractivity contribution in [2.45, 2.75) is 39.2 Å². The van der Waals surface area contributed by atoms with Gasteiger partial charge in [0.25, 0.3) is 0 Å². The zero-order valence-corrected chi connectivity index (χ0v) is 19.1. The van der Waals surface area contributed by atoms with Gasteiger partial charge in [0.15, 0.2) is 5.96 Å². The average molecular weight is 475 g/mol. The Hall–Kier alpha value is -1.09. The minimum absolute atomic E-state index is 0. The third kappa shape index (κ3) is 5.99. The van der Waals surface area contributed by atoms with Crippen LogP contribution in [0.2, 0.25) is 0 Å². The van der Waals surface area contributed by atoms with Crippen LogP contribution in [0.5, 0.6) is 0 Å². The number of thiophene rings is 1. The fourth-order valence-electron chi connectivity index (χ4n) is 2.80. The van der Waals surface area contributed by atoms with E-state index in [9.17, 15) is 0 Å². The lowest BCUT2D eigenvalue weighted by molar-refractivity contribution is 0.470. The van der Waals surface area contributed by atoms with Crippen molar-refractivity contribution in [3.05, 3.63) is 39.8 Å². The number of hydrogen-bond acceptors (Lipinski definition) is 3. The van der Waals surface area contributed by atoms with Gasteiger partial charge < -0.3 is 10.2 Å². The molecule has 0 saturated carbocycles. The van der Waals surface area contributed by atoms with Crippen LogP contribution in [0.4, 0.5) is 0 Å². The Morgan fingerprint density at radius 2 is 2.12 bits per heavy atom. The van der Waals surface area contributed by atoms with Crippen molar-refractivity contribution in [2.24, 2.45) is 12.0 Å². The Bertz CT molecular complexity index is 663. The van der Waals surface area contributed by atoms with Crippen LogP contribution in [0, 0.1) is 0 Å². The summed E-state index contributed by atoms with van der Waals surface area (Å²) < 4.78 is 1.90. The van der Waals surface area contributed by atoms with E-state index in [0.29, 0.717) is 11.8 Å². The predicted octanol–water partition coefficient (Wildman–Crippen LogP) is 4.03. The number of aryl methyl sites for hydroxylation is 1. The molecule has 2 aromatic rings. The summed E-state index contributed by atoms with van der Waals surface area (Å²) in [5.74, 6) is 1.80. The molecule has 1 atom stereocenters. The molecule has 5 nitrogen and oxygen atoms in total. The second-order valence-electron chi connectivity index (χ2n) is 6.61. The van der Waals surface area contributed by atoms with Gasteiger partial charge in [0.2, 0.25) is 0 Å². The number of aromatic nitrogens is 2. The van der Waals surface area contributed by atoms with Crippen LogP contribution < -0.4 is 5.32 Å². The summed E-state index contributed by atoms with van der Waals surface area (Å²) in [5, 5.41) is 12.4. The van der Waals surface area contributed by atoms with Crippen LogP contribution in [0.25, 0.3) is 0 Å². The van der Waals surface area contributed by atoms with Crippen molar-refractivity contribution in [3.8, 4) is 0 Å². The van der Waals surface area contributed by atoms with Crippen LogP contribution >= 0.6 is 35.3 Å². The minimum atomic E-state index is 0. The number of guanidine groups is 1. The first kappa shape index (κ1) is 22.0. The van der Waals surface area contributed by atoms with Gasteiger partial charge in [-0.25, -0.2) is 0 Å². The fourth-order valence-corrected chi connectivity index (χ4v) is 3.58. The van der Waals surface area contributed by atoms with Crippen molar-refractivity contribution in [1.29, 1.82) is 0 Å². The van der Waals surface area contributed by atoms with Crippen LogP contribution in [-0.4, -0.2) is 41.3 Å². The van der Waals surface area contributed by atoms with Gasteiger partial charge in [-0.1, -0.05) is 20.8 Å². The Morgan fingerprint density at radius 3 is 2.68 bits per heavy atom. The van der Waals surface area contributed by atoms with E-state index in [1.54, 1.807) is 11.3 Å². The van der Waals surface area contributed by atoms with E-state index in [1.165, 1.54) is 11.1 Å². The van der Waals surface area contributed by atoms with E-state index in [4.69, 9.17) is 0 Å². The first-order valence-electron chi connectivity index (χ1n) is 8.38. The Morgan fingerprint density at radius 1 is 1.40 bits per heavy atom. The topological polar surface area (TPSA) is 45.5 Å². The molecule has 2 rings (SSSR count). The molecule has 0 bridgehead atoms. The highest BCUT2D eigenvalue weighted by molar-refractivity contribution is 14.0. The monoisotopic (exact) mass is 475 g/mol. The third-order valence-corrected chi connectivity index (χ3v) is 4.84. The normalized spacial score (nSPS) is 12.8. The summed E-state index contributed by atoms with van der Waals surface area (Å²) in [6.07, 6.45) is 2.10. The molecule has 0 aliphatic carbocycles. The summed E-state index contributed by atoms with van der Waals surface area (Å²) in [7, 11) is 5.88. The van der Waals surface area contributed by atoms with Gasteiger partial charge >= 0.3 is 0 Å². The summed E-state index contributed by atoms with van der Waals surface area (Å²) in [5.41, 5.74) is 3.79. The number of rotatable bonds is 6. The molecule has 2 heterocycles. The molecule has 1 unspecified atom stereocenters. The molecule has 0 aliphatic heterocycles. The molecule has 25 heavy (non-hydrogen) atoms. The molecular weight excluding hydrogens is 445 g/mol. The van der Waals surface area contributed by atoms with Crippen LogP contribution in [0.1, 0.15) is 49.4 Å². The SMILES string of the molecule is CN=C(NCC(C)c1ccsc1)N(C)Cc1cn(C)nc1C(C)C.I. The number of nitrogens with zero attached hydrogens (tertiary/aromatic N) is 4. The van der Waals surface area contributed by atoms with Crippen molar-refractivity contribution in [1.82, 2.24) is 20.0 Å². The van der Waals surface area contributed by atoms with Gasteiger partial charge in [0.05, 0.1) is 5.69 Å². The second kappa shape index (κ2) is 10.2. The molecule has 140 valence electrons. The first-order chi connectivity index (χ1) is 11.4. The lowest BCUT2D eigenvalue weighted by atomic mass is 10.1. The van der Waals surface area contributed by atoms with Crippen molar-refractivity contribution in [3.63, 3.8) is 0 Å². The number of aliphatic imine (C=N–C) groups is 1. The highest BCUT2D eigenvalue weighted by Gasteiger charge is 2.15. The maximum Gasteiger partial charge on any atom is 0.193 e. The van der Waals surface area contributed by atoms with E-state index in [0.717, 1.165) is 24.7 Å². The molecule has 7 heteroatoms. The van der Waals surface area contributed by atoms with Crippen molar-refractivity contribution < 1.29 is 0 Å². The van der Waals surface area contributed by atoms with Gasteiger partial charge in [-0.05, 0) is 34.2 Å². The Labute approximate surface area is 172 Å². The number of nitrogens with one attached hydrogen (secondary N) is 1. The lowest BCUT2D eigenvalue weighted by Gasteiger charge is -2.23. The number of hydrogen-bond donors (Lipinski definition) is 1. The van der Waals surface area contributed by atoms with Crippen LogP contribution in [0.3, 0.4) is 0 Å². The Kier molecular flexibility index (Phi) is 8.92. The fraction of sp³-hybridized carbons (Fsp3) is 0.556. The van der Waals surface area contributed by atoms with Crippen molar-refractivity contribution >= 4 is 41.3 Å². The summed E-state index contributed by atoms with van der Waals surface area (Å²) in [6.45, 7) is 8.27. The van der Waals surface area contributed by atoms with Crippen LogP contribution in [-0.2, 0) is 13.6 Å². The molecule has 1 N–H and O–H groups in total. The molecule has 0 saturated heterocycles. The number of halogens is 1. The molecule has 0 amide bonds. The largest absolute Gasteiger partial charge is 0.356 e. The highest BCUT2D eigenvalue weighted by atomic mass is 127. The molecule has 0 aliphatic rings. The second-order valence-corrected chi connectivity index (χ2v) is 7.39. The summed E-state index contributed by atoms with van der Waals surface area (Å²) in [6, 6.07) is 2.19. The molecule has 0 spiro atoms. The van der Waals surface area contributed by atoms with Gasteiger partial charge in [0.1, 0.15) is 0 Å². The molecule has 0 aromatic carbocycles. The van der Waals surface area contributed by atoms with Gasteiger partial charge in [0, 0.05) is 46.0 Å². The summed E-state index contributed by atoms with van der Waals surface area (Å²) >= 11 is 1.74. The summed E-state index contributed by atoms with van der Waals surface area (Å²) in [4.78, 5) is 6.58. The molecule has 0 radical (unpaired) electrons. The van der Waals surface area contributed by atoms with E-state index >= 15 is 0 Å². The highest BCUT2D eigenvalue weighted by Crippen LogP contribution is 2.19. The Balaban J connectivity index is 0.00000312. The molecule has 0 fully saturated rings. The zero-order chi connectivity index (χ0) is 17.7. The van der Waals surface area contributed by atoms with E-state index in [-0.39, 0.29) is 24.0 Å². The maximum absolute atomic E-state index is 4.59. The standard InChI is InChI=1S/C18H29N5S.HI/c1-13(2)17-16(11-23(6)21-17)10-22(5)18(19-4)20-9-14(3)15-7-8-24-12-15;/h7-8,11-14H,9-10H2,1-6H3,(H,19,20);1H. The zero-order valence-electron chi connectivity index (χ0n) is 16.0. The maximum atomic E-state index is 4.59. The third-order valence-electron chi connectivity index (χ3n) is 4.14. The smallest absolute Gasteiger partial charge is 0.193 e. The lowest BCUT2D eigenvalue weighted by Crippen LogP contribution is -2.40. The first-order valence-corrected chi connectivity index (χ1v) is 9.33. The van der Waals surface area contributed by atoms with Crippen LogP contribution in [0.15, 0.2) is 28.0 Å². The molecular formula is C18H30IN5S. The van der Waals surface area contributed by atoms with E-state index in [2.05, 4.69) is 71.2 Å². The minimum Gasteiger partial charge on any atom is -0.356 e. The quantitative estimate of drug-likeness (QED) is 0.390. The van der Waals surface area contributed by atoms with E-state index < -0.39 is 0 Å². The van der Waals surface area contributed by atoms with Gasteiger partial charge in [-0.15, -0.1) is 24.0 Å². The average Bonchev–Trinajstić information content (AvgIpc) is 3.17. The van der Waals surface area contributed by atoms with Gasteiger partial charge in [-0.2, -0.15) is 16.4 Å². The predicted molar refractivity (Wildman–Crippen MR) is 118 cm³/mol.